The van der Waals surface area contributed by atoms with Gasteiger partial charge in [0.1, 0.15) is 0 Å². The van der Waals surface area contributed by atoms with E-state index in [4.69, 9.17) is 14.2 Å². The fraction of sp³-hybridized carbons (Fsp3) is 1.00. The Morgan fingerprint density at radius 2 is 1.43 bits per heavy atom. The second-order valence-electron chi connectivity index (χ2n) is 6.62. The minimum Gasteiger partial charge on any atom is -0.331 e. The zero-order valence-corrected chi connectivity index (χ0v) is 16.5. The summed E-state index contributed by atoms with van der Waals surface area (Å²) in [5.74, 6) is -0.0913. The van der Waals surface area contributed by atoms with Crippen LogP contribution in [0.2, 0.25) is 0 Å². The van der Waals surface area contributed by atoms with Gasteiger partial charge in [-0.15, -0.1) is 0 Å². The molecule has 0 saturated carbocycles. The minimum absolute atomic E-state index is 0.252. The molecular formula is C19H41NO3. The summed E-state index contributed by atoms with van der Waals surface area (Å²) in [6.07, 6.45) is 9.93. The molecule has 0 spiro atoms. The topological polar surface area (TPSA) is 39.7 Å². The third kappa shape index (κ3) is 9.04. The number of methoxy groups -OCH3 is 3. The predicted molar refractivity (Wildman–Crippen MR) is 97.6 cm³/mol. The fourth-order valence-corrected chi connectivity index (χ4v) is 3.32. The van der Waals surface area contributed by atoms with E-state index in [0.717, 1.165) is 25.9 Å². The molecular weight excluding hydrogens is 290 g/mol. The van der Waals surface area contributed by atoms with Gasteiger partial charge in [0.2, 0.25) is 0 Å². The summed E-state index contributed by atoms with van der Waals surface area (Å²) < 4.78 is 16.9. The molecule has 0 bridgehead atoms. The van der Waals surface area contributed by atoms with Crippen molar-refractivity contribution in [3.05, 3.63) is 0 Å². The summed E-state index contributed by atoms with van der Waals surface area (Å²) in [5.41, 5.74) is 0. The molecule has 0 aromatic rings. The molecule has 0 fully saturated rings. The molecule has 2 atom stereocenters. The van der Waals surface area contributed by atoms with Gasteiger partial charge in [-0.2, -0.15) is 0 Å². The lowest BCUT2D eigenvalue weighted by molar-refractivity contribution is -0.381. The highest BCUT2D eigenvalue weighted by Gasteiger charge is 2.40. The number of rotatable bonds is 16. The quantitative estimate of drug-likeness (QED) is 0.332. The lowest BCUT2D eigenvalue weighted by atomic mass is 9.88. The zero-order valence-electron chi connectivity index (χ0n) is 16.5. The van der Waals surface area contributed by atoms with Crippen LogP contribution in [0, 0.1) is 11.8 Å². The third-order valence-electron chi connectivity index (χ3n) is 4.69. The van der Waals surface area contributed by atoms with Gasteiger partial charge in [0.05, 0.1) is 0 Å². The fourth-order valence-electron chi connectivity index (χ4n) is 3.32. The third-order valence-corrected chi connectivity index (χ3v) is 4.69. The van der Waals surface area contributed by atoms with Crippen molar-refractivity contribution in [1.82, 2.24) is 5.32 Å². The van der Waals surface area contributed by atoms with Crippen molar-refractivity contribution in [1.29, 1.82) is 0 Å². The van der Waals surface area contributed by atoms with Gasteiger partial charge in [-0.25, -0.2) is 0 Å². The molecule has 0 aliphatic heterocycles. The molecule has 0 radical (unpaired) electrons. The Kier molecular flexibility index (Phi) is 14.1. The average Bonchev–Trinajstić information content (AvgIpc) is 2.57. The summed E-state index contributed by atoms with van der Waals surface area (Å²) in [4.78, 5) is 0. The number of ether oxygens (including phenoxy) is 3. The van der Waals surface area contributed by atoms with Crippen molar-refractivity contribution in [2.75, 3.05) is 34.4 Å². The highest BCUT2D eigenvalue weighted by molar-refractivity contribution is 4.74. The van der Waals surface area contributed by atoms with Gasteiger partial charge in [0.15, 0.2) is 0 Å². The lowest BCUT2D eigenvalue weighted by Crippen LogP contribution is -2.45. The van der Waals surface area contributed by atoms with E-state index in [1.54, 1.807) is 21.3 Å². The zero-order chi connectivity index (χ0) is 17.6. The minimum atomic E-state index is -0.913. The number of unbranched alkanes of at least 4 members (excludes halogenated alkanes) is 5. The van der Waals surface area contributed by atoms with Crippen LogP contribution in [0.25, 0.3) is 0 Å². The van der Waals surface area contributed by atoms with E-state index >= 15 is 0 Å². The Bertz CT molecular complexity index is 249. The maximum atomic E-state index is 5.63. The van der Waals surface area contributed by atoms with Crippen LogP contribution in [0.15, 0.2) is 0 Å². The van der Waals surface area contributed by atoms with Crippen LogP contribution >= 0.6 is 0 Å². The summed E-state index contributed by atoms with van der Waals surface area (Å²) in [6, 6.07) is 0. The standard InChI is InChI=1S/C19H41NO3/c1-7-9-10-11-12-13-14-18(15-17(3)16-20-8-2)19(21-4,22-5)23-6/h17-18,20H,7-16H2,1-6H3. The molecule has 4 nitrogen and oxygen atoms in total. The number of hydrogen-bond donors (Lipinski definition) is 1. The van der Waals surface area contributed by atoms with Gasteiger partial charge in [-0.3, -0.25) is 0 Å². The average molecular weight is 332 g/mol. The predicted octanol–water partition coefficient (Wildman–Crippen LogP) is 4.58. The van der Waals surface area contributed by atoms with Crippen molar-refractivity contribution in [3.63, 3.8) is 0 Å². The first-order valence-electron chi connectivity index (χ1n) is 9.46. The van der Waals surface area contributed by atoms with Crippen LogP contribution in [0.3, 0.4) is 0 Å². The Balaban J connectivity index is 4.53. The van der Waals surface area contributed by atoms with Crippen molar-refractivity contribution in [3.8, 4) is 0 Å². The Morgan fingerprint density at radius 3 is 1.96 bits per heavy atom. The lowest BCUT2D eigenvalue weighted by Gasteiger charge is -2.37. The van der Waals surface area contributed by atoms with Gasteiger partial charge < -0.3 is 19.5 Å². The molecule has 23 heavy (non-hydrogen) atoms. The molecule has 0 heterocycles. The van der Waals surface area contributed by atoms with Crippen LogP contribution < -0.4 is 5.32 Å². The molecule has 0 amide bonds. The van der Waals surface area contributed by atoms with Gasteiger partial charge in [0.25, 0.3) is 5.97 Å². The first-order valence-corrected chi connectivity index (χ1v) is 9.46. The van der Waals surface area contributed by atoms with Crippen molar-refractivity contribution in [2.45, 2.75) is 78.1 Å². The molecule has 0 aliphatic rings. The Labute approximate surface area is 144 Å². The van der Waals surface area contributed by atoms with Gasteiger partial charge in [0, 0.05) is 27.2 Å². The first-order chi connectivity index (χ1) is 11.1. The molecule has 0 aromatic carbocycles. The van der Waals surface area contributed by atoms with Crippen LogP contribution in [0.4, 0.5) is 0 Å². The largest absolute Gasteiger partial charge is 0.331 e. The van der Waals surface area contributed by atoms with Crippen LogP contribution in [0.1, 0.15) is 72.1 Å². The van der Waals surface area contributed by atoms with Gasteiger partial charge in [-0.1, -0.05) is 59.3 Å². The highest BCUT2D eigenvalue weighted by atomic mass is 16.9. The van der Waals surface area contributed by atoms with E-state index < -0.39 is 5.97 Å². The van der Waals surface area contributed by atoms with Crippen LogP contribution in [0.5, 0.6) is 0 Å². The summed E-state index contributed by atoms with van der Waals surface area (Å²) in [7, 11) is 5.03. The van der Waals surface area contributed by atoms with E-state index in [2.05, 4.69) is 26.1 Å². The summed E-state index contributed by atoms with van der Waals surface area (Å²) in [6.45, 7) is 8.71. The van der Waals surface area contributed by atoms with E-state index in [1.807, 2.05) is 0 Å². The highest BCUT2D eigenvalue weighted by Crippen LogP contribution is 2.33. The maximum Gasteiger partial charge on any atom is 0.285 e. The molecule has 4 heteroatoms. The Hall–Kier alpha value is -0.160. The molecule has 0 aliphatic carbocycles. The number of nitrogens with one attached hydrogen (secondary N) is 1. The van der Waals surface area contributed by atoms with E-state index in [1.165, 1.54) is 38.5 Å². The van der Waals surface area contributed by atoms with Crippen molar-refractivity contribution >= 4 is 0 Å². The summed E-state index contributed by atoms with van der Waals surface area (Å²) >= 11 is 0. The normalized spacial score (nSPS) is 14.9. The molecule has 0 saturated heterocycles. The second-order valence-corrected chi connectivity index (χ2v) is 6.62. The molecule has 2 unspecified atom stereocenters. The second kappa shape index (κ2) is 14.2. The molecule has 0 rings (SSSR count). The number of hydrogen-bond acceptors (Lipinski definition) is 4. The van der Waals surface area contributed by atoms with E-state index in [9.17, 15) is 0 Å². The molecule has 1 N–H and O–H groups in total. The molecule has 140 valence electrons. The van der Waals surface area contributed by atoms with E-state index in [0.29, 0.717) is 5.92 Å². The van der Waals surface area contributed by atoms with Gasteiger partial charge >= 0.3 is 0 Å². The van der Waals surface area contributed by atoms with Gasteiger partial charge in [-0.05, 0) is 31.8 Å². The Morgan fingerprint density at radius 1 is 0.870 bits per heavy atom. The first kappa shape index (κ1) is 22.8. The van der Waals surface area contributed by atoms with E-state index in [-0.39, 0.29) is 5.92 Å². The maximum absolute atomic E-state index is 5.63. The molecule has 0 aromatic heterocycles. The van der Waals surface area contributed by atoms with Crippen molar-refractivity contribution in [2.24, 2.45) is 11.8 Å². The SMILES string of the molecule is CCCCCCCCC(CC(C)CNCC)C(OC)(OC)OC. The summed E-state index contributed by atoms with van der Waals surface area (Å²) in [5, 5.41) is 3.43. The van der Waals surface area contributed by atoms with Crippen molar-refractivity contribution < 1.29 is 14.2 Å². The smallest absolute Gasteiger partial charge is 0.285 e. The monoisotopic (exact) mass is 331 g/mol. The van der Waals surface area contributed by atoms with Crippen LogP contribution in [-0.4, -0.2) is 40.4 Å². The van der Waals surface area contributed by atoms with Crippen LogP contribution in [-0.2, 0) is 14.2 Å².